The van der Waals surface area contributed by atoms with Crippen molar-refractivity contribution in [3.8, 4) is 0 Å². The summed E-state index contributed by atoms with van der Waals surface area (Å²) in [5.74, 6) is 0. The normalized spacial score (nSPS) is 10.1. The van der Waals surface area contributed by atoms with Crippen LogP contribution in [0.2, 0.25) is 0 Å². The van der Waals surface area contributed by atoms with Gasteiger partial charge in [-0.05, 0) is 40.5 Å². The Kier molecular flexibility index (Phi) is 3.51. The zero-order valence-electron chi connectivity index (χ0n) is 8.94. The van der Waals surface area contributed by atoms with Crippen molar-refractivity contribution in [2.24, 2.45) is 0 Å². The van der Waals surface area contributed by atoms with Gasteiger partial charge in [-0.2, -0.15) is 0 Å². The van der Waals surface area contributed by atoms with Crippen LogP contribution in [0, 0.1) is 6.92 Å². The third-order valence-electron chi connectivity index (χ3n) is 2.17. The van der Waals surface area contributed by atoms with E-state index in [1.807, 2.05) is 25.3 Å². The van der Waals surface area contributed by atoms with Crippen molar-refractivity contribution < 1.29 is 0 Å². The molecule has 2 aromatic heterocycles. The van der Waals surface area contributed by atoms with Crippen molar-refractivity contribution in [2.75, 3.05) is 5.32 Å². The van der Waals surface area contributed by atoms with Crippen LogP contribution in [0.15, 0.2) is 41.3 Å². The van der Waals surface area contributed by atoms with Crippen molar-refractivity contribution >= 4 is 21.6 Å². The van der Waals surface area contributed by atoms with E-state index in [4.69, 9.17) is 0 Å². The van der Waals surface area contributed by atoms with E-state index in [-0.39, 0.29) is 0 Å². The quantitative estimate of drug-likeness (QED) is 0.937. The van der Waals surface area contributed by atoms with Gasteiger partial charge < -0.3 is 5.32 Å². The predicted octanol–water partition coefficient (Wildman–Crippen LogP) is 3.16. The number of nitrogens with zero attached hydrogens (tertiary/aromatic N) is 2. The van der Waals surface area contributed by atoms with Gasteiger partial charge in [0.15, 0.2) is 0 Å². The van der Waals surface area contributed by atoms with E-state index in [1.54, 1.807) is 12.4 Å². The molecule has 3 nitrogen and oxygen atoms in total. The second-order valence-corrected chi connectivity index (χ2v) is 4.47. The number of pyridine rings is 2. The van der Waals surface area contributed by atoms with E-state index in [2.05, 4.69) is 37.3 Å². The van der Waals surface area contributed by atoms with Gasteiger partial charge in [-0.25, -0.2) is 0 Å². The molecule has 0 atom stereocenters. The Morgan fingerprint density at radius 3 is 2.81 bits per heavy atom. The Morgan fingerprint density at radius 2 is 2.12 bits per heavy atom. The first kappa shape index (κ1) is 11.1. The molecule has 2 aromatic rings. The van der Waals surface area contributed by atoms with Crippen molar-refractivity contribution in [1.29, 1.82) is 0 Å². The smallest absolute Gasteiger partial charge is 0.0540 e. The van der Waals surface area contributed by atoms with Crippen LogP contribution >= 0.6 is 15.9 Å². The number of aromatic nitrogens is 2. The Bertz CT molecular complexity index is 468. The molecule has 0 aliphatic rings. The van der Waals surface area contributed by atoms with Crippen molar-refractivity contribution in [2.45, 2.75) is 13.5 Å². The lowest BCUT2D eigenvalue weighted by atomic mass is 10.2. The fraction of sp³-hybridized carbons (Fsp3) is 0.167. The molecular formula is C12H12BrN3. The maximum atomic E-state index is 4.24. The first-order valence-electron chi connectivity index (χ1n) is 5.00. The molecule has 0 aliphatic carbocycles. The maximum Gasteiger partial charge on any atom is 0.0540 e. The molecule has 0 saturated heterocycles. The van der Waals surface area contributed by atoms with Crippen LogP contribution in [0.5, 0.6) is 0 Å². The molecular weight excluding hydrogens is 266 g/mol. The Balaban J connectivity index is 1.99. The van der Waals surface area contributed by atoms with Crippen LogP contribution in [0.4, 0.5) is 5.69 Å². The van der Waals surface area contributed by atoms with E-state index in [0.717, 1.165) is 28.0 Å². The van der Waals surface area contributed by atoms with Crippen LogP contribution < -0.4 is 5.32 Å². The number of hydrogen-bond acceptors (Lipinski definition) is 3. The van der Waals surface area contributed by atoms with E-state index >= 15 is 0 Å². The third-order valence-corrected chi connectivity index (χ3v) is 2.61. The minimum atomic E-state index is 0.755. The molecule has 2 rings (SSSR count). The van der Waals surface area contributed by atoms with Crippen LogP contribution in [-0.2, 0) is 6.54 Å². The van der Waals surface area contributed by atoms with Crippen molar-refractivity contribution in [3.05, 3.63) is 52.5 Å². The fourth-order valence-electron chi connectivity index (χ4n) is 1.32. The van der Waals surface area contributed by atoms with Gasteiger partial charge in [-0.3, -0.25) is 9.97 Å². The van der Waals surface area contributed by atoms with Crippen LogP contribution in [-0.4, -0.2) is 9.97 Å². The summed E-state index contributed by atoms with van der Waals surface area (Å²) in [7, 11) is 0. The highest BCUT2D eigenvalue weighted by atomic mass is 79.9. The zero-order valence-corrected chi connectivity index (χ0v) is 10.5. The monoisotopic (exact) mass is 277 g/mol. The maximum absolute atomic E-state index is 4.24. The fourth-order valence-corrected chi connectivity index (χ4v) is 1.68. The van der Waals surface area contributed by atoms with Gasteiger partial charge in [0.05, 0.1) is 11.9 Å². The third kappa shape index (κ3) is 3.03. The van der Waals surface area contributed by atoms with Gasteiger partial charge in [0.25, 0.3) is 0 Å². The summed E-state index contributed by atoms with van der Waals surface area (Å²) >= 11 is 3.38. The molecule has 0 saturated carbocycles. The van der Waals surface area contributed by atoms with E-state index in [0.29, 0.717) is 0 Å². The molecule has 0 unspecified atom stereocenters. The summed E-state index contributed by atoms with van der Waals surface area (Å²) in [5.41, 5.74) is 3.19. The standard InChI is InChI=1S/C12H12BrN3/c1-9-2-3-10(5-15-9)6-16-12-4-11(13)7-14-8-12/h2-5,7-8,16H,6H2,1H3. The number of halogens is 1. The Morgan fingerprint density at radius 1 is 1.25 bits per heavy atom. The molecule has 1 N–H and O–H groups in total. The summed E-state index contributed by atoms with van der Waals surface area (Å²) in [6, 6.07) is 6.07. The van der Waals surface area contributed by atoms with E-state index in [9.17, 15) is 0 Å². The first-order chi connectivity index (χ1) is 7.74. The second-order valence-electron chi connectivity index (χ2n) is 3.55. The number of anilines is 1. The minimum Gasteiger partial charge on any atom is -0.380 e. The van der Waals surface area contributed by atoms with E-state index < -0.39 is 0 Å². The lowest BCUT2D eigenvalue weighted by Crippen LogP contribution is -2.00. The van der Waals surface area contributed by atoms with E-state index in [1.165, 1.54) is 0 Å². The highest BCUT2D eigenvalue weighted by molar-refractivity contribution is 9.10. The second kappa shape index (κ2) is 5.07. The lowest BCUT2D eigenvalue weighted by Gasteiger charge is -2.06. The first-order valence-corrected chi connectivity index (χ1v) is 5.79. The van der Waals surface area contributed by atoms with Crippen LogP contribution in [0.1, 0.15) is 11.3 Å². The average Bonchev–Trinajstić information content (AvgIpc) is 2.28. The van der Waals surface area contributed by atoms with Crippen molar-refractivity contribution in [3.63, 3.8) is 0 Å². The summed E-state index contributed by atoms with van der Waals surface area (Å²) in [6.45, 7) is 2.74. The SMILES string of the molecule is Cc1ccc(CNc2cncc(Br)c2)cn1. The van der Waals surface area contributed by atoms with Gasteiger partial charge in [0.1, 0.15) is 0 Å². The van der Waals surface area contributed by atoms with Crippen LogP contribution in [0.3, 0.4) is 0 Å². The summed E-state index contributed by atoms with van der Waals surface area (Å²) in [6.07, 6.45) is 5.44. The topological polar surface area (TPSA) is 37.8 Å². The molecule has 0 radical (unpaired) electrons. The molecule has 0 aliphatic heterocycles. The molecule has 2 heterocycles. The Hall–Kier alpha value is -1.42. The highest BCUT2D eigenvalue weighted by Crippen LogP contribution is 2.14. The molecule has 0 amide bonds. The van der Waals surface area contributed by atoms with Gasteiger partial charge in [-0.15, -0.1) is 0 Å². The van der Waals surface area contributed by atoms with Gasteiger partial charge in [0, 0.05) is 29.1 Å². The largest absolute Gasteiger partial charge is 0.380 e. The number of nitrogens with one attached hydrogen (secondary N) is 1. The minimum absolute atomic E-state index is 0.755. The summed E-state index contributed by atoms with van der Waals surface area (Å²) in [5, 5.41) is 3.29. The lowest BCUT2D eigenvalue weighted by molar-refractivity contribution is 1.08. The molecule has 16 heavy (non-hydrogen) atoms. The summed E-state index contributed by atoms with van der Waals surface area (Å²) in [4.78, 5) is 8.33. The molecule has 82 valence electrons. The van der Waals surface area contributed by atoms with Gasteiger partial charge >= 0.3 is 0 Å². The Labute approximate surface area is 103 Å². The average molecular weight is 278 g/mol. The molecule has 0 spiro atoms. The highest BCUT2D eigenvalue weighted by Gasteiger charge is 1.96. The molecule has 4 heteroatoms. The van der Waals surface area contributed by atoms with Crippen molar-refractivity contribution in [1.82, 2.24) is 9.97 Å². The number of rotatable bonds is 3. The summed E-state index contributed by atoms with van der Waals surface area (Å²) < 4.78 is 0.972. The zero-order chi connectivity index (χ0) is 11.4. The number of hydrogen-bond donors (Lipinski definition) is 1. The molecule has 0 fully saturated rings. The van der Waals surface area contributed by atoms with Gasteiger partial charge in [0.2, 0.25) is 0 Å². The number of aryl methyl sites for hydroxylation is 1. The predicted molar refractivity (Wildman–Crippen MR) is 68.2 cm³/mol. The van der Waals surface area contributed by atoms with Crippen LogP contribution in [0.25, 0.3) is 0 Å². The molecule has 0 bridgehead atoms. The molecule has 0 aromatic carbocycles. The van der Waals surface area contributed by atoms with Gasteiger partial charge in [-0.1, -0.05) is 6.07 Å².